The number of amides is 1. The second-order valence-corrected chi connectivity index (χ2v) is 4.30. The largest absolute Gasteiger partial charge is 0.508 e. The summed E-state index contributed by atoms with van der Waals surface area (Å²) < 4.78 is 18.1. The lowest BCUT2D eigenvalue weighted by Crippen LogP contribution is -2.13. The minimum atomic E-state index is -0.494. The number of ether oxygens (including phenoxy) is 1. The zero-order chi connectivity index (χ0) is 14.7. The average molecular weight is 275 g/mol. The molecule has 0 atom stereocenters. The molecule has 0 bridgehead atoms. The van der Waals surface area contributed by atoms with Crippen molar-refractivity contribution in [2.45, 2.75) is 6.92 Å². The van der Waals surface area contributed by atoms with Crippen molar-refractivity contribution in [1.82, 2.24) is 0 Å². The predicted molar refractivity (Wildman–Crippen MR) is 73.7 cm³/mol. The molecule has 20 heavy (non-hydrogen) atoms. The number of carbonyl (C=O) groups excluding carboxylic acids is 1. The molecule has 5 heteroatoms. The Bertz CT molecular complexity index is 656. The van der Waals surface area contributed by atoms with Crippen LogP contribution in [0, 0.1) is 12.7 Å². The summed E-state index contributed by atoms with van der Waals surface area (Å²) in [6.07, 6.45) is 0. The quantitative estimate of drug-likeness (QED) is 0.905. The predicted octanol–water partition coefficient (Wildman–Crippen LogP) is 3.10. The Morgan fingerprint density at radius 2 is 2.00 bits per heavy atom. The van der Waals surface area contributed by atoms with Gasteiger partial charge >= 0.3 is 0 Å². The number of phenols is 1. The highest BCUT2D eigenvalue weighted by molar-refractivity contribution is 6.05. The maximum absolute atomic E-state index is 13.3. The van der Waals surface area contributed by atoms with E-state index in [0.717, 1.165) is 0 Å². The van der Waals surface area contributed by atoms with Crippen LogP contribution in [0.2, 0.25) is 0 Å². The molecular formula is C15H14FNO3. The van der Waals surface area contributed by atoms with Crippen LogP contribution in [0.4, 0.5) is 10.1 Å². The van der Waals surface area contributed by atoms with Crippen LogP contribution in [-0.4, -0.2) is 18.1 Å². The maximum Gasteiger partial charge on any atom is 0.255 e. The van der Waals surface area contributed by atoms with Crippen molar-refractivity contribution in [3.63, 3.8) is 0 Å². The van der Waals surface area contributed by atoms with Crippen LogP contribution in [0.1, 0.15) is 15.9 Å². The molecule has 0 spiro atoms. The van der Waals surface area contributed by atoms with Crippen molar-refractivity contribution in [3.05, 3.63) is 53.3 Å². The molecule has 0 aliphatic carbocycles. The van der Waals surface area contributed by atoms with Gasteiger partial charge in [-0.25, -0.2) is 4.39 Å². The highest BCUT2D eigenvalue weighted by Crippen LogP contribution is 2.23. The van der Waals surface area contributed by atoms with Gasteiger partial charge in [0.1, 0.15) is 5.75 Å². The number of carbonyl (C=O) groups is 1. The van der Waals surface area contributed by atoms with Gasteiger partial charge in [0.25, 0.3) is 5.91 Å². The van der Waals surface area contributed by atoms with Gasteiger partial charge in [-0.15, -0.1) is 0 Å². The van der Waals surface area contributed by atoms with Gasteiger partial charge in [-0.1, -0.05) is 0 Å². The Morgan fingerprint density at radius 3 is 2.65 bits per heavy atom. The number of aryl methyl sites for hydroxylation is 1. The summed E-state index contributed by atoms with van der Waals surface area (Å²) in [7, 11) is 1.36. The summed E-state index contributed by atoms with van der Waals surface area (Å²) in [6.45, 7) is 1.72. The van der Waals surface area contributed by atoms with Crippen molar-refractivity contribution in [3.8, 4) is 11.5 Å². The van der Waals surface area contributed by atoms with E-state index in [-0.39, 0.29) is 17.4 Å². The molecule has 1 amide bonds. The first-order chi connectivity index (χ1) is 9.51. The van der Waals surface area contributed by atoms with Crippen molar-refractivity contribution >= 4 is 11.6 Å². The normalized spacial score (nSPS) is 10.2. The van der Waals surface area contributed by atoms with Crippen LogP contribution >= 0.6 is 0 Å². The molecule has 4 nitrogen and oxygen atoms in total. The van der Waals surface area contributed by atoms with E-state index >= 15 is 0 Å². The van der Waals surface area contributed by atoms with Gasteiger partial charge in [0, 0.05) is 17.3 Å². The van der Waals surface area contributed by atoms with Gasteiger partial charge < -0.3 is 15.2 Å². The monoisotopic (exact) mass is 275 g/mol. The molecule has 0 radical (unpaired) electrons. The Kier molecular flexibility index (Phi) is 3.89. The molecule has 2 aromatic carbocycles. The molecule has 0 saturated carbocycles. The minimum absolute atomic E-state index is 0.0604. The highest BCUT2D eigenvalue weighted by Gasteiger charge is 2.11. The standard InChI is InChI=1S/C15H14FNO3/c1-9-7-11(18)4-5-12(9)15(19)17-10-3-6-13(16)14(8-10)20-2/h3-8,18H,1-2H3,(H,17,19). The van der Waals surface area contributed by atoms with Crippen LogP contribution in [-0.2, 0) is 0 Å². The van der Waals surface area contributed by atoms with E-state index in [1.807, 2.05) is 0 Å². The van der Waals surface area contributed by atoms with E-state index in [0.29, 0.717) is 16.8 Å². The molecule has 0 saturated heterocycles. The fourth-order valence-electron chi connectivity index (χ4n) is 1.84. The number of halogens is 1. The summed E-state index contributed by atoms with van der Waals surface area (Å²) >= 11 is 0. The average Bonchev–Trinajstić information content (AvgIpc) is 2.40. The summed E-state index contributed by atoms with van der Waals surface area (Å²) in [6, 6.07) is 8.54. The summed E-state index contributed by atoms with van der Waals surface area (Å²) in [4.78, 5) is 12.1. The number of methoxy groups -OCH3 is 1. The second kappa shape index (κ2) is 5.61. The number of phenolic OH excluding ortho intramolecular Hbond substituents is 1. The number of rotatable bonds is 3. The number of nitrogens with one attached hydrogen (secondary N) is 1. The number of hydrogen-bond acceptors (Lipinski definition) is 3. The SMILES string of the molecule is COc1cc(NC(=O)c2ccc(O)cc2C)ccc1F. The number of benzene rings is 2. The van der Waals surface area contributed by atoms with Gasteiger partial charge in [0.2, 0.25) is 0 Å². The summed E-state index contributed by atoms with van der Waals surface area (Å²) in [5.74, 6) is -0.671. The van der Waals surface area contributed by atoms with Gasteiger partial charge in [-0.3, -0.25) is 4.79 Å². The lowest BCUT2D eigenvalue weighted by molar-refractivity contribution is 0.102. The zero-order valence-electron chi connectivity index (χ0n) is 11.1. The maximum atomic E-state index is 13.3. The van der Waals surface area contributed by atoms with E-state index in [9.17, 15) is 14.3 Å². The van der Waals surface area contributed by atoms with Crippen molar-refractivity contribution in [2.75, 3.05) is 12.4 Å². The van der Waals surface area contributed by atoms with Crippen LogP contribution in [0.25, 0.3) is 0 Å². The first-order valence-corrected chi connectivity index (χ1v) is 5.96. The van der Waals surface area contributed by atoms with Crippen LogP contribution < -0.4 is 10.1 Å². The fourth-order valence-corrected chi connectivity index (χ4v) is 1.84. The van der Waals surface area contributed by atoms with Crippen molar-refractivity contribution in [1.29, 1.82) is 0 Å². The van der Waals surface area contributed by atoms with Gasteiger partial charge in [0.05, 0.1) is 7.11 Å². The van der Waals surface area contributed by atoms with Crippen LogP contribution in [0.3, 0.4) is 0 Å². The zero-order valence-corrected chi connectivity index (χ0v) is 11.1. The third kappa shape index (κ3) is 2.88. The van der Waals surface area contributed by atoms with Crippen LogP contribution in [0.5, 0.6) is 11.5 Å². The fraction of sp³-hybridized carbons (Fsp3) is 0.133. The lowest BCUT2D eigenvalue weighted by atomic mass is 10.1. The molecule has 2 N–H and O–H groups in total. The topological polar surface area (TPSA) is 58.6 Å². The summed E-state index contributed by atoms with van der Waals surface area (Å²) in [5, 5.41) is 12.0. The van der Waals surface area contributed by atoms with Gasteiger partial charge in [-0.05, 0) is 42.8 Å². The van der Waals surface area contributed by atoms with Crippen molar-refractivity contribution in [2.24, 2.45) is 0 Å². The second-order valence-electron chi connectivity index (χ2n) is 4.30. The minimum Gasteiger partial charge on any atom is -0.508 e. The smallest absolute Gasteiger partial charge is 0.255 e. The number of aromatic hydroxyl groups is 1. The van der Waals surface area contributed by atoms with E-state index < -0.39 is 5.82 Å². The van der Waals surface area contributed by atoms with E-state index in [1.165, 1.54) is 43.5 Å². The Morgan fingerprint density at radius 1 is 1.25 bits per heavy atom. The molecule has 104 valence electrons. The van der Waals surface area contributed by atoms with E-state index in [1.54, 1.807) is 6.92 Å². The Labute approximate surface area is 115 Å². The number of anilines is 1. The molecule has 0 fully saturated rings. The molecule has 2 aromatic rings. The van der Waals surface area contributed by atoms with E-state index in [2.05, 4.69) is 5.32 Å². The molecule has 0 aliphatic heterocycles. The third-order valence-electron chi connectivity index (χ3n) is 2.86. The summed E-state index contributed by atoms with van der Waals surface area (Å²) in [5.41, 5.74) is 1.52. The molecule has 0 aliphatic rings. The van der Waals surface area contributed by atoms with Crippen LogP contribution in [0.15, 0.2) is 36.4 Å². The molecule has 0 unspecified atom stereocenters. The molecular weight excluding hydrogens is 261 g/mol. The Hall–Kier alpha value is -2.56. The van der Waals surface area contributed by atoms with E-state index in [4.69, 9.17) is 4.74 Å². The first kappa shape index (κ1) is 13.9. The molecule has 2 rings (SSSR count). The number of hydrogen-bond donors (Lipinski definition) is 2. The third-order valence-corrected chi connectivity index (χ3v) is 2.86. The first-order valence-electron chi connectivity index (χ1n) is 5.96. The molecule has 0 aromatic heterocycles. The molecule has 0 heterocycles. The van der Waals surface area contributed by atoms with Gasteiger partial charge in [-0.2, -0.15) is 0 Å². The van der Waals surface area contributed by atoms with Gasteiger partial charge in [0.15, 0.2) is 11.6 Å². The highest BCUT2D eigenvalue weighted by atomic mass is 19.1. The lowest BCUT2D eigenvalue weighted by Gasteiger charge is -2.09. The van der Waals surface area contributed by atoms with Crippen molar-refractivity contribution < 1.29 is 19.0 Å². The Balaban J connectivity index is 2.23.